The lowest BCUT2D eigenvalue weighted by atomic mass is 9.73. The van der Waals surface area contributed by atoms with Crippen LogP contribution in [0, 0.1) is 11.8 Å². The molecule has 3 rings (SSSR count). The Hall–Kier alpha value is 0.270. The number of nitrogens with zero attached hydrogens (tertiary/aromatic N) is 1. The first kappa shape index (κ1) is 15.2. The van der Waals surface area contributed by atoms with Crippen molar-refractivity contribution in [1.29, 1.82) is 0 Å². The van der Waals surface area contributed by atoms with Crippen LogP contribution in [0.15, 0.2) is 0 Å². The second kappa shape index (κ2) is 6.58. The van der Waals surface area contributed by atoms with Gasteiger partial charge in [-0.05, 0) is 57.6 Å². The van der Waals surface area contributed by atoms with Crippen LogP contribution >= 0.6 is 11.8 Å². The summed E-state index contributed by atoms with van der Waals surface area (Å²) in [7, 11) is 0. The minimum Gasteiger partial charge on any atom is -0.309 e. The third-order valence-electron chi connectivity index (χ3n) is 6.00. The summed E-state index contributed by atoms with van der Waals surface area (Å²) in [4.78, 5) is 2.73. The van der Waals surface area contributed by atoms with Crippen LogP contribution in [-0.4, -0.2) is 47.6 Å². The molecule has 3 fully saturated rings. The van der Waals surface area contributed by atoms with Gasteiger partial charge >= 0.3 is 0 Å². The minimum atomic E-state index is 0.726. The van der Waals surface area contributed by atoms with E-state index in [0.29, 0.717) is 0 Å². The minimum absolute atomic E-state index is 0.726. The molecule has 0 aromatic carbocycles. The number of thioether (sulfide) groups is 1. The third-order valence-corrected chi connectivity index (χ3v) is 7.17. The van der Waals surface area contributed by atoms with Crippen LogP contribution in [0.4, 0.5) is 0 Å². The Morgan fingerprint density at radius 2 is 1.65 bits per heavy atom. The highest BCUT2D eigenvalue weighted by atomic mass is 32.2. The van der Waals surface area contributed by atoms with Crippen molar-refractivity contribution >= 4 is 11.8 Å². The lowest BCUT2D eigenvalue weighted by molar-refractivity contribution is 0.0255. The van der Waals surface area contributed by atoms with E-state index >= 15 is 0 Å². The number of piperidine rings is 1. The number of hydrogen-bond donors (Lipinski definition) is 1. The van der Waals surface area contributed by atoms with Gasteiger partial charge in [-0.15, -0.1) is 0 Å². The molecule has 0 aromatic rings. The van der Waals surface area contributed by atoms with E-state index in [1.54, 1.807) is 0 Å². The molecule has 0 aromatic heterocycles. The van der Waals surface area contributed by atoms with Gasteiger partial charge in [0.25, 0.3) is 0 Å². The van der Waals surface area contributed by atoms with E-state index in [2.05, 4.69) is 42.1 Å². The summed E-state index contributed by atoms with van der Waals surface area (Å²) in [5.74, 6) is 1.82. The van der Waals surface area contributed by atoms with Gasteiger partial charge in [-0.25, -0.2) is 0 Å². The summed E-state index contributed by atoms with van der Waals surface area (Å²) < 4.78 is 0. The highest BCUT2D eigenvalue weighted by molar-refractivity contribution is 7.99. The number of likely N-dealkylation sites (tertiary alicyclic amines) is 1. The first-order valence-electron chi connectivity index (χ1n) is 8.72. The maximum atomic E-state index is 4.13. The topological polar surface area (TPSA) is 15.3 Å². The SMILES string of the molecule is CSC1CCCC1NC1C2CCCC1CN(C(C)C)C2. The molecule has 1 heterocycles. The Morgan fingerprint density at radius 3 is 2.25 bits per heavy atom. The molecular weight excluding hydrogens is 264 g/mol. The second-order valence-electron chi connectivity index (χ2n) is 7.50. The lowest BCUT2D eigenvalue weighted by Crippen LogP contribution is -2.60. The number of rotatable bonds is 4. The monoisotopic (exact) mass is 296 g/mol. The predicted molar refractivity (Wildman–Crippen MR) is 89.4 cm³/mol. The van der Waals surface area contributed by atoms with E-state index in [0.717, 1.165) is 35.2 Å². The van der Waals surface area contributed by atoms with E-state index in [1.807, 2.05) is 0 Å². The average molecular weight is 297 g/mol. The normalized spacial score (nSPS) is 42.3. The fourth-order valence-electron chi connectivity index (χ4n) is 4.81. The van der Waals surface area contributed by atoms with E-state index in [4.69, 9.17) is 0 Å². The largest absolute Gasteiger partial charge is 0.309 e. The van der Waals surface area contributed by atoms with Crippen molar-refractivity contribution in [3.8, 4) is 0 Å². The zero-order valence-electron chi connectivity index (χ0n) is 13.5. The van der Waals surface area contributed by atoms with Crippen LogP contribution in [-0.2, 0) is 0 Å². The van der Waals surface area contributed by atoms with Gasteiger partial charge in [0.05, 0.1) is 0 Å². The molecular formula is C17H32N2S. The molecule has 2 nitrogen and oxygen atoms in total. The Bertz CT molecular complexity index is 306. The fraction of sp³-hybridized carbons (Fsp3) is 1.00. The van der Waals surface area contributed by atoms with Gasteiger partial charge in [0, 0.05) is 36.5 Å². The number of hydrogen-bond acceptors (Lipinski definition) is 3. The van der Waals surface area contributed by atoms with Crippen LogP contribution < -0.4 is 5.32 Å². The zero-order valence-corrected chi connectivity index (χ0v) is 14.3. The van der Waals surface area contributed by atoms with Gasteiger partial charge in [0.15, 0.2) is 0 Å². The van der Waals surface area contributed by atoms with E-state index in [9.17, 15) is 0 Å². The van der Waals surface area contributed by atoms with Crippen LogP contribution in [0.3, 0.4) is 0 Å². The Balaban J connectivity index is 1.64. The molecule has 3 aliphatic rings. The van der Waals surface area contributed by atoms with Crippen molar-refractivity contribution in [3.63, 3.8) is 0 Å². The molecule has 20 heavy (non-hydrogen) atoms. The van der Waals surface area contributed by atoms with Gasteiger partial charge in [0.1, 0.15) is 0 Å². The molecule has 3 heteroatoms. The summed E-state index contributed by atoms with van der Waals surface area (Å²) in [5.41, 5.74) is 0. The molecule has 0 amide bonds. The highest BCUT2D eigenvalue weighted by Crippen LogP contribution is 2.38. The molecule has 0 radical (unpaired) electrons. The first-order valence-corrected chi connectivity index (χ1v) is 10.0. The Labute approximate surface area is 129 Å². The molecule has 1 N–H and O–H groups in total. The number of fused-ring (bicyclic) bond motifs is 2. The number of nitrogens with one attached hydrogen (secondary N) is 1. The van der Waals surface area contributed by atoms with Gasteiger partial charge < -0.3 is 10.2 Å². The molecule has 1 aliphatic heterocycles. The molecule has 1 saturated heterocycles. The summed E-state index contributed by atoms with van der Waals surface area (Å²) in [6.45, 7) is 7.40. The van der Waals surface area contributed by atoms with Crippen molar-refractivity contribution in [2.75, 3.05) is 19.3 Å². The molecule has 2 bridgehead atoms. The van der Waals surface area contributed by atoms with E-state index in [-0.39, 0.29) is 0 Å². The smallest absolute Gasteiger partial charge is 0.0198 e. The summed E-state index contributed by atoms with van der Waals surface area (Å²) >= 11 is 2.09. The van der Waals surface area contributed by atoms with Crippen LogP contribution in [0.5, 0.6) is 0 Å². The van der Waals surface area contributed by atoms with Crippen molar-refractivity contribution in [1.82, 2.24) is 10.2 Å². The molecule has 4 atom stereocenters. The maximum Gasteiger partial charge on any atom is 0.0198 e. The van der Waals surface area contributed by atoms with Gasteiger partial charge in [-0.1, -0.05) is 12.8 Å². The quantitative estimate of drug-likeness (QED) is 0.856. The molecule has 4 unspecified atom stereocenters. The molecule has 0 spiro atoms. The molecule has 2 aliphatic carbocycles. The molecule has 116 valence electrons. The Kier molecular flexibility index (Phi) is 4.99. The highest BCUT2D eigenvalue weighted by Gasteiger charge is 2.42. The van der Waals surface area contributed by atoms with Gasteiger partial charge in [-0.2, -0.15) is 11.8 Å². The van der Waals surface area contributed by atoms with Crippen molar-refractivity contribution in [2.45, 2.75) is 75.7 Å². The summed E-state index contributed by atoms with van der Waals surface area (Å²) in [5, 5.41) is 5.01. The van der Waals surface area contributed by atoms with Crippen molar-refractivity contribution in [3.05, 3.63) is 0 Å². The van der Waals surface area contributed by atoms with Crippen molar-refractivity contribution < 1.29 is 0 Å². The van der Waals surface area contributed by atoms with Crippen LogP contribution in [0.1, 0.15) is 52.4 Å². The van der Waals surface area contributed by atoms with Crippen LogP contribution in [0.25, 0.3) is 0 Å². The Morgan fingerprint density at radius 1 is 1.00 bits per heavy atom. The van der Waals surface area contributed by atoms with Crippen LogP contribution in [0.2, 0.25) is 0 Å². The summed E-state index contributed by atoms with van der Waals surface area (Å²) in [6.07, 6.45) is 10.9. The lowest BCUT2D eigenvalue weighted by Gasteiger charge is -2.50. The maximum absolute atomic E-state index is 4.13. The third kappa shape index (κ3) is 3.05. The van der Waals surface area contributed by atoms with Gasteiger partial charge in [0.2, 0.25) is 0 Å². The standard InChI is InChI=1S/C17H32N2S/c1-12(2)19-10-13-6-4-7-14(11-19)17(13)18-15-8-5-9-16(15)20-3/h12-18H,4-11H2,1-3H3. The van der Waals surface area contributed by atoms with Crippen molar-refractivity contribution in [2.24, 2.45) is 11.8 Å². The zero-order chi connectivity index (χ0) is 14.1. The average Bonchev–Trinajstić information content (AvgIpc) is 2.85. The predicted octanol–water partition coefficient (Wildman–Crippen LogP) is 3.37. The van der Waals surface area contributed by atoms with E-state index in [1.165, 1.54) is 51.6 Å². The van der Waals surface area contributed by atoms with Gasteiger partial charge in [-0.3, -0.25) is 0 Å². The summed E-state index contributed by atoms with van der Waals surface area (Å²) in [6, 6.07) is 2.34. The first-order chi connectivity index (χ1) is 9.69. The second-order valence-corrected chi connectivity index (χ2v) is 8.58. The van der Waals surface area contributed by atoms with E-state index < -0.39 is 0 Å². The fourth-order valence-corrected chi connectivity index (χ4v) is 5.76. The molecule has 2 saturated carbocycles.